The van der Waals surface area contributed by atoms with Gasteiger partial charge in [-0.3, -0.25) is 0 Å². The van der Waals surface area contributed by atoms with Crippen molar-refractivity contribution in [3.8, 4) is 0 Å². The van der Waals surface area contributed by atoms with E-state index in [1.807, 2.05) is 0 Å². The van der Waals surface area contributed by atoms with E-state index in [1.165, 1.54) is 0 Å². The van der Waals surface area contributed by atoms with Gasteiger partial charge in [-0.25, -0.2) is 0 Å². The van der Waals surface area contributed by atoms with Gasteiger partial charge in [0.25, 0.3) is 0 Å². The Labute approximate surface area is 71.2 Å². The van der Waals surface area contributed by atoms with Crippen molar-refractivity contribution in [2.24, 2.45) is 17.8 Å². The highest BCUT2D eigenvalue weighted by molar-refractivity contribution is 6.27. The highest BCUT2D eigenvalue weighted by atomic mass is 35.5. The van der Waals surface area contributed by atoms with E-state index in [4.69, 9.17) is 11.6 Å². The number of rotatable bonds is 0. The third-order valence-electron chi connectivity index (χ3n) is 3.04. The lowest BCUT2D eigenvalue weighted by molar-refractivity contribution is 0.438. The van der Waals surface area contributed by atoms with E-state index in [1.54, 1.807) is 0 Å². The Morgan fingerprint density at radius 1 is 0.909 bits per heavy atom. The first kappa shape index (κ1) is 6.07. The van der Waals surface area contributed by atoms with Gasteiger partial charge in [0.2, 0.25) is 0 Å². The molecule has 0 nitrogen and oxygen atoms in total. The summed E-state index contributed by atoms with van der Waals surface area (Å²) in [7, 11) is 0. The molecule has 0 radical (unpaired) electrons. The van der Waals surface area contributed by atoms with Crippen molar-refractivity contribution in [1.29, 1.82) is 0 Å². The molecule has 0 aromatic heterocycles. The third kappa shape index (κ3) is 0.576. The van der Waals surface area contributed by atoms with Gasteiger partial charge in [0.1, 0.15) is 0 Å². The minimum Gasteiger partial charge on any atom is -0.110 e. The van der Waals surface area contributed by atoms with Gasteiger partial charge in [-0.15, -0.1) is 11.6 Å². The van der Waals surface area contributed by atoms with Gasteiger partial charge in [-0.05, 0) is 0 Å². The summed E-state index contributed by atoms with van der Waals surface area (Å²) < 4.78 is 0. The summed E-state index contributed by atoms with van der Waals surface area (Å²) in [5.74, 6) is 1.81. The van der Waals surface area contributed by atoms with Crippen LogP contribution >= 0.6 is 11.6 Å². The number of halogens is 1. The molecule has 0 bridgehead atoms. The molecule has 2 unspecified atom stereocenters. The molecule has 0 fully saturated rings. The minimum atomic E-state index is -0.140. The first-order valence-corrected chi connectivity index (χ1v) is 4.43. The largest absolute Gasteiger partial charge is 0.110 e. The fourth-order valence-corrected chi connectivity index (χ4v) is 2.94. The maximum Gasteiger partial charge on any atom is 0.0851 e. The summed E-state index contributed by atoms with van der Waals surface area (Å²) in [5, 5.41) is 0. The van der Waals surface area contributed by atoms with Gasteiger partial charge < -0.3 is 0 Å². The molecule has 0 spiro atoms. The summed E-state index contributed by atoms with van der Waals surface area (Å²) in [6.45, 7) is 0. The van der Waals surface area contributed by atoms with Crippen LogP contribution in [0.15, 0.2) is 36.5 Å². The van der Waals surface area contributed by atoms with Crippen LogP contribution in [-0.2, 0) is 0 Å². The summed E-state index contributed by atoms with van der Waals surface area (Å²) in [6.07, 6.45) is 13.3. The topological polar surface area (TPSA) is 0 Å². The lowest BCUT2D eigenvalue weighted by atomic mass is 9.88. The Balaban J connectivity index is 2.18. The monoisotopic (exact) mass is 164 g/mol. The van der Waals surface area contributed by atoms with Gasteiger partial charge in [0.15, 0.2) is 0 Å². The lowest BCUT2D eigenvalue weighted by Crippen LogP contribution is -2.24. The third-order valence-corrected chi connectivity index (χ3v) is 3.55. The van der Waals surface area contributed by atoms with Crippen LogP contribution in [0.5, 0.6) is 0 Å². The van der Waals surface area contributed by atoms with E-state index in [0.29, 0.717) is 17.8 Å². The molecule has 0 aromatic carbocycles. The molecular formula is C10H9Cl. The van der Waals surface area contributed by atoms with Crippen LogP contribution in [0.25, 0.3) is 0 Å². The van der Waals surface area contributed by atoms with E-state index in [2.05, 4.69) is 36.5 Å². The molecule has 56 valence electrons. The molecule has 0 saturated carbocycles. The first-order chi connectivity index (χ1) is 5.30. The Morgan fingerprint density at radius 3 is 2.00 bits per heavy atom. The molecule has 3 aliphatic carbocycles. The zero-order valence-electron chi connectivity index (χ0n) is 6.07. The molecule has 3 rings (SSSR count). The van der Waals surface area contributed by atoms with Crippen LogP contribution in [0, 0.1) is 17.8 Å². The lowest BCUT2D eigenvalue weighted by Gasteiger charge is -2.22. The summed E-state index contributed by atoms with van der Waals surface area (Å²) in [5.41, 5.74) is 0. The molecule has 0 N–H and O–H groups in total. The van der Waals surface area contributed by atoms with E-state index in [-0.39, 0.29) is 4.87 Å². The van der Waals surface area contributed by atoms with Crippen LogP contribution in [0.1, 0.15) is 0 Å². The van der Waals surface area contributed by atoms with Crippen LogP contribution < -0.4 is 0 Å². The Kier molecular flexibility index (Phi) is 0.904. The van der Waals surface area contributed by atoms with Gasteiger partial charge >= 0.3 is 0 Å². The zero-order chi connectivity index (χ0) is 7.47. The van der Waals surface area contributed by atoms with Gasteiger partial charge in [-0.2, -0.15) is 0 Å². The van der Waals surface area contributed by atoms with E-state index < -0.39 is 0 Å². The Bertz CT molecular complexity index is 261. The van der Waals surface area contributed by atoms with Crippen molar-refractivity contribution in [3.63, 3.8) is 0 Å². The predicted octanol–water partition coefficient (Wildman–Crippen LogP) is 2.52. The van der Waals surface area contributed by atoms with Gasteiger partial charge in [-0.1, -0.05) is 36.5 Å². The quantitative estimate of drug-likeness (QED) is 0.381. The molecule has 0 aliphatic heterocycles. The molecule has 0 amide bonds. The van der Waals surface area contributed by atoms with Gasteiger partial charge in [0, 0.05) is 17.8 Å². The molecule has 0 aromatic rings. The molecule has 2 atom stereocenters. The first-order valence-electron chi connectivity index (χ1n) is 4.06. The molecule has 0 heterocycles. The molecule has 11 heavy (non-hydrogen) atoms. The van der Waals surface area contributed by atoms with Gasteiger partial charge in [0.05, 0.1) is 4.87 Å². The van der Waals surface area contributed by atoms with E-state index in [0.717, 1.165) is 0 Å². The molecule has 1 heteroatoms. The molecule has 3 aliphatic rings. The highest BCUT2D eigenvalue weighted by Crippen LogP contribution is 2.53. The zero-order valence-corrected chi connectivity index (χ0v) is 6.83. The Morgan fingerprint density at radius 2 is 1.45 bits per heavy atom. The predicted molar refractivity (Wildman–Crippen MR) is 46.5 cm³/mol. The van der Waals surface area contributed by atoms with E-state index >= 15 is 0 Å². The maximum absolute atomic E-state index is 6.38. The summed E-state index contributed by atoms with van der Waals surface area (Å²) in [6, 6.07) is 0. The summed E-state index contributed by atoms with van der Waals surface area (Å²) >= 11 is 6.38. The fraction of sp³-hybridized carbons (Fsp3) is 0.400. The second kappa shape index (κ2) is 1.64. The van der Waals surface area contributed by atoms with Crippen molar-refractivity contribution < 1.29 is 0 Å². The number of hydrogen-bond acceptors (Lipinski definition) is 0. The number of alkyl halides is 1. The molecular weight excluding hydrogens is 156 g/mol. The standard InChI is InChI=1S/C10H9Cl/c11-10-5-3-7-1-2-8(4-6-10)9(7)10/h1-9H. The van der Waals surface area contributed by atoms with Crippen molar-refractivity contribution in [3.05, 3.63) is 36.5 Å². The average molecular weight is 165 g/mol. The SMILES string of the molecule is ClC12C=CC3C=CC(C=C1)C32. The van der Waals surface area contributed by atoms with Crippen molar-refractivity contribution >= 4 is 11.6 Å². The van der Waals surface area contributed by atoms with Crippen LogP contribution in [0.2, 0.25) is 0 Å². The number of allylic oxidation sites excluding steroid dienone is 6. The van der Waals surface area contributed by atoms with E-state index in [9.17, 15) is 0 Å². The fourth-order valence-electron chi connectivity index (χ4n) is 2.51. The van der Waals surface area contributed by atoms with Crippen molar-refractivity contribution in [2.45, 2.75) is 4.87 Å². The molecule has 0 saturated heterocycles. The normalized spacial score (nSPS) is 55.9. The minimum absolute atomic E-state index is 0.140. The smallest absolute Gasteiger partial charge is 0.0851 e. The van der Waals surface area contributed by atoms with Crippen LogP contribution in [0.3, 0.4) is 0 Å². The Hall–Kier alpha value is -0.490. The average Bonchev–Trinajstić information content (AvgIpc) is 2.54. The maximum atomic E-state index is 6.38. The second-order valence-corrected chi connectivity index (χ2v) is 4.27. The highest BCUT2D eigenvalue weighted by Gasteiger charge is 2.49. The van der Waals surface area contributed by atoms with Crippen molar-refractivity contribution in [2.75, 3.05) is 0 Å². The van der Waals surface area contributed by atoms with Crippen LogP contribution in [-0.4, -0.2) is 4.87 Å². The summed E-state index contributed by atoms with van der Waals surface area (Å²) in [4.78, 5) is -0.140. The van der Waals surface area contributed by atoms with Crippen LogP contribution in [0.4, 0.5) is 0 Å². The van der Waals surface area contributed by atoms with Crippen molar-refractivity contribution in [1.82, 2.24) is 0 Å². The number of hydrogen-bond donors (Lipinski definition) is 0. The second-order valence-electron chi connectivity index (χ2n) is 3.61.